The molecule has 4 saturated carbocycles. The number of carbonyl (C=O) groups excluding carboxylic acids is 3. The van der Waals surface area contributed by atoms with E-state index < -0.39 is 32.9 Å². The molecule has 1 aromatic rings. The number of carbonyl (C=O) groups is 4. The van der Waals surface area contributed by atoms with E-state index >= 15 is 0 Å². The van der Waals surface area contributed by atoms with Crippen LogP contribution in [0.1, 0.15) is 127 Å². The molecule has 8 atom stereocenters. The molecule has 5 aliphatic carbocycles. The highest BCUT2D eigenvalue weighted by molar-refractivity contribution is 7.82. The highest BCUT2D eigenvalue weighted by Crippen LogP contribution is 2.78. The Bertz CT molecular complexity index is 1760. The summed E-state index contributed by atoms with van der Waals surface area (Å²) in [6.07, 6.45) is 10.8. The van der Waals surface area contributed by atoms with Gasteiger partial charge in [-0.2, -0.15) is 12.6 Å². The van der Waals surface area contributed by atoms with Gasteiger partial charge in [-0.3, -0.25) is 19.2 Å². The molecule has 9 heteroatoms. The maximum Gasteiger partial charge on any atom is 0.309 e. The number of ether oxygens (including phenoxy) is 1. The lowest BCUT2D eigenvalue weighted by Gasteiger charge is -2.74. The first-order valence-corrected chi connectivity index (χ1v) is 20.5. The Balaban J connectivity index is 1.30. The minimum absolute atomic E-state index is 0.0233. The molecule has 0 heterocycles. The summed E-state index contributed by atoms with van der Waals surface area (Å²) < 4.78 is 5.76. The summed E-state index contributed by atoms with van der Waals surface area (Å²) in [5.74, 6) is -0.775. The Morgan fingerprint density at radius 2 is 1.60 bits per heavy atom. The van der Waals surface area contributed by atoms with Gasteiger partial charge in [-0.25, -0.2) is 0 Å². The molecule has 290 valence electrons. The van der Waals surface area contributed by atoms with Crippen LogP contribution in [0.3, 0.4) is 0 Å². The quantitative estimate of drug-likeness (QED) is 0.138. The number of thiol groups is 1. The molecule has 0 bridgehead atoms. The van der Waals surface area contributed by atoms with E-state index in [4.69, 9.17) is 29.0 Å². The van der Waals surface area contributed by atoms with Crippen molar-refractivity contribution < 1.29 is 29.0 Å². The summed E-state index contributed by atoms with van der Waals surface area (Å²) in [5.41, 5.74) is 0.600. The van der Waals surface area contributed by atoms with Gasteiger partial charge in [-0.05, 0) is 135 Å². The van der Waals surface area contributed by atoms with Gasteiger partial charge in [0.25, 0.3) is 0 Å². The Labute approximate surface area is 326 Å². The minimum atomic E-state index is -1.20. The zero-order chi connectivity index (χ0) is 39.2. The molecule has 0 radical (unpaired) electrons. The third-order valence-electron chi connectivity index (χ3n) is 15.8. The number of Topliss-reactive ketones (excluding diaryl/α,β-unsaturated/α-hetero) is 1. The van der Waals surface area contributed by atoms with Crippen molar-refractivity contribution >= 4 is 53.5 Å². The number of amides is 1. The van der Waals surface area contributed by atoms with Crippen LogP contribution in [0.4, 0.5) is 5.69 Å². The van der Waals surface area contributed by atoms with Gasteiger partial charge in [-0.15, -0.1) is 0 Å². The molecule has 0 spiro atoms. The number of hydrogen-bond donors (Lipinski definition) is 3. The summed E-state index contributed by atoms with van der Waals surface area (Å²) in [6.45, 7) is 19.2. The van der Waals surface area contributed by atoms with Crippen LogP contribution in [0.5, 0.6) is 0 Å². The average molecular weight is 766 g/mol. The molecule has 0 aromatic heterocycles. The lowest BCUT2D eigenvalue weighted by Crippen LogP contribution is -2.71. The van der Waals surface area contributed by atoms with E-state index in [9.17, 15) is 24.3 Å². The Kier molecular flexibility index (Phi) is 10.0. The van der Waals surface area contributed by atoms with Gasteiger partial charge >= 0.3 is 11.9 Å². The van der Waals surface area contributed by atoms with Crippen LogP contribution in [0, 0.1) is 50.2 Å². The van der Waals surface area contributed by atoms with Crippen molar-refractivity contribution in [2.45, 2.75) is 137 Å². The molecule has 2 N–H and O–H groups in total. The maximum absolute atomic E-state index is 14.0. The summed E-state index contributed by atoms with van der Waals surface area (Å²) in [7, 11) is 0. The lowest BCUT2D eigenvalue weighted by atomic mass is 9.32. The third-order valence-corrected chi connectivity index (χ3v) is 17.4. The number of carboxylic acids is 1. The number of aliphatic carboxylic acids is 1. The number of rotatable bonds is 8. The van der Waals surface area contributed by atoms with E-state index in [0.29, 0.717) is 29.5 Å². The fraction of sp³-hybridized carbons (Fsp3) is 0.682. The van der Waals surface area contributed by atoms with Gasteiger partial charge in [0, 0.05) is 38.8 Å². The van der Waals surface area contributed by atoms with Crippen molar-refractivity contribution in [2.24, 2.45) is 50.2 Å². The van der Waals surface area contributed by atoms with Crippen LogP contribution in [0.25, 0.3) is 0 Å². The van der Waals surface area contributed by atoms with Crippen LogP contribution >= 0.6 is 24.2 Å². The van der Waals surface area contributed by atoms with Crippen LogP contribution < -0.4 is 5.32 Å². The molecule has 7 nitrogen and oxygen atoms in total. The first-order chi connectivity index (χ1) is 24.5. The molecule has 4 fully saturated rings. The molecule has 0 aliphatic heterocycles. The van der Waals surface area contributed by atoms with Gasteiger partial charge in [-0.1, -0.05) is 66.1 Å². The Hall–Kier alpha value is -2.58. The topological polar surface area (TPSA) is 110 Å². The normalized spacial score (nSPS) is 37.8. The third kappa shape index (κ3) is 6.06. The van der Waals surface area contributed by atoms with Gasteiger partial charge in [0.2, 0.25) is 5.91 Å². The van der Waals surface area contributed by atoms with Gasteiger partial charge in [0.1, 0.15) is 6.10 Å². The average Bonchev–Trinajstić information content (AvgIpc) is 3.37. The smallest absolute Gasteiger partial charge is 0.309 e. The number of fused-ring (bicyclic) bond motifs is 7. The number of benzene rings is 1. The zero-order valence-electron chi connectivity index (χ0n) is 33.2. The Morgan fingerprint density at radius 3 is 2.23 bits per heavy atom. The van der Waals surface area contributed by atoms with Gasteiger partial charge in [0.15, 0.2) is 5.78 Å². The molecule has 0 saturated heterocycles. The van der Waals surface area contributed by atoms with E-state index in [1.807, 2.05) is 0 Å². The number of carboxylic acid groups (broad SMARTS) is 1. The monoisotopic (exact) mass is 765 g/mol. The van der Waals surface area contributed by atoms with Crippen molar-refractivity contribution in [2.75, 3.05) is 5.32 Å². The first kappa shape index (κ1) is 40.1. The van der Waals surface area contributed by atoms with Crippen LogP contribution in [-0.2, 0) is 23.9 Å². The maximum atomic E-state index is 14.0. The zero-order valence-corrected chi connectivity index (χ0v) is 34.8. The molecule has 6 rings (SSSR count). The summed E-state index contributed by atoms with van der Waals surface area (Å²) in [4.78, 5) is 52.1. The second kappa shape index (κ2) is 13.3. The molecular formula is C44H60ClNO6S. The van der Waals surface area contributed by atoms with Crippen molar-refractivity contribution in [3.8, 4) is 0 Å². The summed E-state index contributed by atoms with van der Waals surface area (Å²) in [6, 6.07) is 7.07. The highest BCUT2D eigenvalue weighted by Gasteiger charge is 2.73. The fourth-order valence-electron chi connectivity index (χ4n) is 12.5. The van der Waals surface area contributed by atoms with E-state index in [2.05, 4.69) is 59.9 Å². The SMILES string of the molecule is CC(C)C1=C2C3CCC4C(C)(CCC5(S)C(C)(C)C(OC(=O)CC(C)(C)C(=O)O)CCC45C)C3(C)CCC2(C=CC(=O)Nc2ccc(Cl)cc2)CC1=O. The van der Waals surface area contributed by atoms with E-state index in [1.165, 1.54) is 5.57 Å². The number of ketones is 1. The van der Waals surface area contributed by atoms with Crippen molar-refractivity contribution in [1.82, 2.24) is 0 Å². The second-order valence-electron chi connectivity index (χ2n) is 19.5. The highest BCUT2D eigenvalue weighted by atomic mass is 35.5. The fourth-order valence-corrected chi connectivity index (χ4v) is 13.1. The molecule has 53 heavy (non-hydrogen) atoms. The number of anilines is 1. The number of nitrogens with one attached hydrogen (secondary N) is 1. The summed E-state index contributed by atoms with van der Waals surface area (Å²) >= 11 is 11.7. The van der Waals surface area contributed by atoms with Crippen molar-refractivity contribution in [3.63, 3.8) is 0 Å². The second-order valence-corrected chi connectivity index (χ2v) is 20.7. The number of esters is 1. The van der Waals surface area contributed by atoms with E-state index in [0.717, 1.165) is 50.5 Å². The van der Waals surface area contributed by atoms with Crippen LogP contribution in [-0.4, -0.2) is 39.6 Å². The van der Waals surface area contributed by atoms with E-state index in [1.54, 1.807) is 44.2 Å². The number of halogens is 1. The molecule has 1 aromatic carbocycles. The van der Waals surface area contributed by atoms with Crippen molar-refractivity contribution in [1.29, 1.82) is 0 Å². The summed E-state index contributed by atoms with van der Waals surface area (Å²) in [5, 5.41) is 13.2. The van der Waals surface area contributed by atoms with Crippen LogP contribution in [0.15, 0.2) is 47.6 Å². The van der Waals surface area contributed by atoms with Gasteiger partial charge < -0.3 is 15.2 Å². The molecular weight excluding hydrogens is 706 g/mol. The van der Waals surface area contributed by atoms with Crippen molar-refractivity contribution in [3.05, 3.63) is 52.6 Å². The first-order valence-electron chi connectivity index (χ1n) is 19.7. The molecule has 8 unspecified atom stereocenters. The predicted octanol–water partition coefficient (Wildman–Crippen LogP) is 10.3. The number of hydrogen-bond acceptors (Lipinski definition) is 6. The van der Waals surface area contributed by atoms with Gasteiger partial charge in [0.05, 0.1) is 11.8 Å². The van der Waals surface area contributed by atoms with E-state index in [-0.39, 0.29) is 52.3 Å². The molecule has 5 aliphatic rings. The Morgan fingerprint density at radius 1 is 0.962 bits per heavy atom. The van der Waals surface area contributed by atoms with Crippen LogP contribution in [0.2, 0.25) is 5.02 Å². The molecule has 1 amide bonds. The minimum Gasteiger partial charge on any atom is -0.481 e. The number of allylic oxidation sites excluding steroid dienone is 3. The standard InChI is InChI=1S/C44H60ClNO6S/c1-26(2)35-30(47)24-43(19-17-33(48)46-28-12-10-27(45)11-13-28)22-20-40(7)29(36(35)43)14-15-31-41(40,8)21-23-44(53)39(5,6)32(16-18-42(31,44)9)52-34(49)25-38(3,4)37(50)51/h10-13,17,19,26,29,31-32,53H,14-16,18,20-25H2,1-9H3,(H,46,48)(H,50,51). The lowest BCUT2D eigenvalue weighted by molar-refractivity contribution is -0.220. The predicted molar refractivity (Wildman–Crippen MR) is 213 cm³/mol. The largest absolute Gasteiger partial charge is 0.481 e.